The smallest absolute Gasteiger partial charge is 0.318 e. The largest absolute Gasteiger partial charge is 0.456 e. The molecular weight excluding hydrogens is 589 g/mol. The van der Waals surface area contributed by atoms with Gasteiger partial charge in [0.15, 0.2) is 5.52 Å². The average molecular weight is 613 g/mol. The zero-order valence-electron chi connectivity index (χ0n) is 25.7. The molecule has 0 N–H and O–H groups in total. The molecule has 4 aromatic heterocycles. The van der Waals surface area contributed by atoms with Crippen molar-refractivity contribution in [2.45, 2.75) is 18.5 Å². The third kappa shape index (κ3) is 2.13. The molecule has 220 valence electrons. The Kier molecular flexibility index (Phi) is 3.47. The van der Waals surface area contributed by atoms with Crippen LogP contribution in [0.15, 0.2) is 116 Å². The quantitative estimate of drug-likeness (QED) is 0.125. The van der Waals surface area contributed by atoms with Gasteiger partial charge in [0.05, 0.1) is 11.6 Å². The third-order valence-corrected chi connectivity index (χ3v) is 12.1. The molecule has 0 amide bonds. The Morgan fingerprint density at radius 1 is 0.667 bits per heavy atom. The number of benzene rings is 5. The maximum atomic E-state index is 7.00. The molecule has 5 aromatic carbocycles. The van der Waals surface area contributed by atoms with E-state index in [0.29, 0.717) is 0 Å². The SMILES string of the molecule is C1=Cc2c3c4c(cccc4c4c5ccc6c7c5c5n(cc[n+]5C75c7c(ccc8c9ccccc9n(c78)-c7cccc[n+]75)O6)c24)CC=C3C1. The van der Waals surface area contributed by atoms with Crippen LogP contribution in [0, 0.1) is 0 Å². The van der Waals surface area contributed by atoms with Crippen LogP contribution in [0.3, 0.4) is 0 Å². The van der Waals surface area contributed by atoms with Crippen LogP contribution in [0.2, 0.25) is 0 Å². The molecule has 5 nitrogen and oxygen atoms in total. The first kappa shape index (κ1) is 23.2. The summed E-state index contributed by atoms with van der Waals surface area (Å²) < 4.78 is 17.0. The van der Waals surface area contributed by atoms with E-state index >= 15 is 0 Å². The Bertz CT molecular complexity index is 3210. The lowest BCUT2D eigenvalue weighted by Crippen LogP contribution is -2.75. The van der Waals surface area contributed by atoms with Crippen molar-refractivity contribution in [1.29, 1.82) is 0 Å². The summed E-state index contributed by atoms with van der Waals surface area (Å²) in [5.41, 5.74) is 12.4. The number of nitrogens with zero attached hydrogens (tertiary/aromatic N) is 4. The summed E-state index contributed by atoms with van der Waals surface area (Å²) in [5.74, 6) is 3.00. The summed E-state index contributed by atoms with van der Waals surface area (Å²) in [6.07, 6.45) is 16.1. The van der Waals surface area contributed by atoms with Crippen molar-refractivity contribution in [2.75, 3.05) is 0 Å². The Balaban J connectivity index is 1.29. The first-order valence-corrected chi connectivity index (χ1v) is 16.9. The molecule has 0 saturated carbocycles. The van der Waals surface area contributed by atoms with Crippen molar-refractivity contribution in [2.24, 2.45) is 0 Å². The van der Waals surface area contributed by atoms with Crippen LogP contribution in [-0.4, -0.2) is 8.97 Å². The highest BCUT2D eigenvalue weighted by molar-refractivity contribution is 6.28. The van der Waals surface area contributed by atoms with E-state index in [1.807, 2.05) is 0 Å². The molecule has 0 fully saturated rings. The maximum absolute atomic E-state index is 7.00. The summed E-state index contributed by atoms with van der Waals surface area (Å²) in [6.45, 7) is 0. The van der Waals surface area contributed by atoms with Gasteiger partial charge in [-0.2, -0.15) is 18.1 Å². The van der Waals surface area contributed by atoms with Gasteiger partial charge in [-0.25, -0.2) is 0 Å². The molecule has 1 atom stereocenters. The van der Waals surface area contributed by atoms with Crippen LogP contribution < -0.4 is 13.9 Å². The van der Waals surface area contributed by atoms with Gasteiger partial charge in [0.2, 0.25) is 0 Å². The Labute approximate surface area is 273 Å². The number of imidazole rings is 1. The van der Waals surface area contributed by atoms with Crippen molar-refractivity contribution >= 4 is 71.5 Å². The van der Waals surface area contributed by atoms with E-state index in [2.05, 4.69) is 140 Å². The Hall–Kier alpha value is -6.20. The summed E-state index contributed by atoms with van der Waals surface area (Å²) in [6, 6.07) is 31.4. The average Bonchev–Trinajstić information content (AvgIpc) is 3.82. The molecule has 1 spiro atoms. The van der Waals surface area contributed by atoms with Crippen molar-refractivity contribution in [1.82, 2.24) is 8.97 Å². The highest BCUT2D eigenvalue weighted by Crippen LogP contribution is 2.58. The summed E-state index contributed by atoms with van der Waals surface area (Å²) in [7, 11) is 0. The van der Waals surface area contributed by atoms with Crippen LogP contribution in [0.1, 0.15) is 34.2 Å². The van der Waals surface area contributed by atoms with Gasteiger partial charge in [0, 0.05) is 33.2 Å². The molecule has 48 heavy (non-hydrogen) atoms. The minimum atomic E-state index is -0.659. The molecule has 1 unspecified atom stereocenters. The van der Waals surface area contributed by atoms with Crippen LogP contribution in [-0.2, 0) is 12.1 Å². The molecule has 0 saturated heterocycles. The second kappa shape index (κ2) is 7.19. The molecule has 3 aliphatic heterocycles. The number of hydrogen-bond donors (Lipinski definition) is 0. The van der Waals surface area contributed by atoms with Crippen molar-refractivity contribution in [3.05, 3.63) is 143 Å². The van der Waals surface area contributed by atoms with Crippen LogP contribution in [0.5, 0.6) is 11.5 Å². The Morgan fingerprint density at radius 2 is 1.52 bits per heavy atom. The first-order chi connectivity index (χ1) is 23.8. The molecule has 2 aliphatic carbocycles. The number of aromatic nitrogens is 4. The van der Waals surface area contributed by atoms with Crippen molar-refractivity contribution in [3.8, 4) is 17.3 Å². The maximum Gasteiger partial charge on any atom is 0.318 e. The minimum absolute atomic E-state index is 0.659. The van der Waals surface area contributed by atoms with E-state index < -0.39 is 5.66 Å². The number of para-hydroxylation sites is 1. The lowest BCUT2D eigenvalue weighted by molar-refractivity contribution is -0.956. The number of pyridine rings is 2. The zero-order valence-corrected chi connectivity index (χ0v) is 25.7. The Morgan fingerprint density at radius 3 is 2.50 bits per heavy atom. The predicted molar refractivity (Wildman–Crippen MR) is 188 cm³/mol. The summed E-state index contributed by atoms with van der Waals surface area (Å²) in [5, 5.41) is 9.19. The second-order valence-corrected chi connectivity index (χ2v) is 14.0. The lowest BCUT2D eigenvalue weighted by atomic mass is 9.78. The van der Waals surface area contributed by atoms with E-state index in [9.17, 15) is 0 Å². The fourth-order valence-electron chi connectivity index (χ4n) is 10.6. The van der Waals surface area contributed by atoms with E-state index in [1.54, 1.807) is 0 Å². The number of rotatable bonds is 0. The zero-order chi connectivity index (χ0) is 30.6. The molecule has 14 rings (SSSR count). The molecule has 7 heterocycles. The second-order valence-electron chi connectivity index (χ2n) is 14.0. The van der Waals surface area contributed by atoms with Crippen LogP contribution in [0.25, 0.3) is 77.4 Å². The van der Waals surface area contributed by atoms with E-state index in [1.165, 1.54) is 93.3 Å². The third-order valence-electron chi connectivity index (χ3n) is 12.1. The minimum Gasteiger partial charge on any atom is -0.456 e. The van der Waals surface area contributed by atoms with Gasteiger partial charge in [-0.05, 0) is 82.8 Å². The van der Waals surface area contributed by atoms with Gasteiger partial charge < -0.3 is 4.74 Å². The molecule has 9 aromatic rings. The molecule has 5 heteroatoms. The van der Waals surface area contributed by atoms with Gasteiger partial charge in [-0.1, -0.05) is 54.6 Å². The standard InChI is InChI=1S/C43H24N4O/c1-2-12-30-25(9-1)26-16-18-32-39-41(26)47(30)33-13-3-4-20-45(33)43(39)38-31(48-32)19-17-28-36-27-10-5-7-23-14-15-24-8-6-11-29(35(24)34(23)27)40(36)44-21-22-46(43)42(44)37(28)38/h1-7,9-13,15-22H,8,14H2/q+2. The van der Waals surface area contributed by atoms with Gasteiger partial charge in [0.25, 0.3) is 11.5 Å². The predicted octanol–water partition coefficient (Wildman–Crippen LogP) is 8.46. The van der Waals surface area contributed by atoms with Crippen molar-refractivity contribution in [3.63, 3.8) is 0 Å². The number of fused-ring (bicyclic) bond motifs is 10. The van der Waals surface area contributed by atoms with E-state index in [4.69, 9.17) is 4.74 Å². The van der Waals surface area contributed by atoms with E-state index in [0.717, 1.165) is 30.2 Å². The lowest BCUT2D eigenvalue weighted by Gasteiger charge is -2.36. The molecule has 0 bridgehead atoms. The highest BCUT2D eigenvalue weighted by atomic mass is 16.5. The normalized spacial score (nSPS) is 18.5. The molecule has 5 aliphatic rings. The molecule has 0 radical (unpaired) electrons. The van der Waals surface area contributed by atoms with Crippen LogP contribution >= 0.6 is 0 Å². The van der Waals surface area contributed by atoms with Crippen LogP contribution in [0.4, 0.5) is 0 Å². The number of ether oxygens (including phenoxy) is 1. The molecular formula is C43H24N4O+2. The summed E-state index contributed by atoms with van der Waals surface area (Å²) in [4.78, 5) is 0. The summed E-state index contributed by atoms with van der Waals surface area (Å²) >= 11 is 0. The fraction of sp³-hybridized carbons (Fsp3) is 0.0698. The first-order valence-electron chi connectivity index (χ1n) is 16.9. The van der Waals surface area contributed by atoms with Gasteiger partial charge in [-0.3, -0.25) is 0 Å². The fourth-order valence-corrected chi connectivity index (χ4v) is 10.6. The monoisotopic (exact) mass is 612 g/mol. The van der Waals surface area contributed by atoms with Crippen molar-refractivity contribution < 1.29 is 13.9 Å². The topological polar surface area (TPSA) is 26.3 Å². The van der Waals surface area contributed by atoms with Gasteiger partial charge in [-0.15, -0.1) is 0 Å². The number of hydrogen-bond acceptors (Lipinski definition) is 1. The van der Waals surface area contributed by atoms with Gasteiger partial charge >= 0.3 is 5.66 Å². The van der Waals surface area contributed by atoms with E-state index in [-0.39, 0.29) is 0 Å². The van der Waals surface area contributed by atoms with Gasteiger partial charge in [0.1, 0.15) is 46.1 Å². The number of allylic oxidation sites excluding steroid dienone is 3. The highest BCUT2D eigenvalue weighted by Gasteiger charge is 2.64.